The standard InChI is InChI=1S/C18H18N4O3/c1-2-4-13(5-3-1)11-24-14-6-7-19-15(10-14)18-21-17(22-25-18)16-12-23-9-8-20-16/h1-7,10,16,20H,8-9,11-12H2. The summed E-state index contributed by atoms with van der Waals surface area (Å²) in [6.45, 7) is 2.49. The number of nitrogens with zero attached hydrogens (tertiary/aromatic N) is 3. The van der Waals surface area contributed by atoms with Crippen LogP contribution in [0.3, 0.4) is 0 Å². The lowest BCUT2D eigenvalue weighted by atomic mass is 10.2. The minimum atomic E-state index is -0.0521. The molecule has 1 fully saturated rings. The Bertz CT molecular complexity index is 816. The van der Waals surface area contributed by atoms with Crippen molar-refractivity contribution in [1.29, 1.82) is 0 Å². The van der Waals surface area contributed by atoms with Crippen molar-refractivity contribution in [2.45, 2.75) is 12.6 Å². The van der Waals surface area contributed by atoms with Gasteiger partial charge in [-0.05, 0) is 11.6 Å². The molecular weight excluding hydrogens is 320 g/mol. The Hall–Kier alpha value is -2.77. The Morgan fingerprint density at radius 3 is 2.96 bits per heavy atom. The first-order valence-electron chi connectivity index (χ1n) is 8.16. The highest BCUT2D eigenvalue weighted by Gasteiger charge is 2.21. The maximum absolute atomic E-state index is 5.82. The van der Waals surface area contributed by atoms with Gasteiger partial charge in [0, 0.05) is 18.8 Å². The number of ether oxygens (including phenoxy) is 2. The van der Waals surface area contributed by atoms with Gasteiger partial charge in [-0.1, -0.05) is 35.5 Å². The van der Waals surface area contributed by atoms with Crippen LogP contribution < -0.4 is 10.1 Å². The fraction of sp³-hybridized carbons (Fsp3) is 0.278. The summed E-state index contributed by atoms with van der Waals surface area (Å²) in [5.74, 6) is 1.65. The summed E-state index contributed by atoms with van der Waals surface area (Å²) in [4.78, 5) is 8.72. The zero-order valence-corrected chi connectivity index (χ0v) is 13.6. The molecule has 1 aromatic carbocycles. The smallest absolute Gasteiger partial charge is 0.276 e. The van der Waals surface area contributed by atoms with Crippen LogP contribution in [-0.2, 0) is 11.3 Å². The fourth-order valence-corrected chi connectivity index (χ4v) is 2.57. The third-order valence-electron chi connectivity index (χ3n) is 3.87. The summed E-state index contributed by atoms with van der Waals surface area (Å²) in [7, 11) is 0. The van der Waals surface area contributed by atoms with E-state index in [-0.39, 0.29) is 6.04 Å². The van der Waals surface area contributed by atoms with Crippen LogP contribution in [0.1, 0.15) is 17.4 Å². The maximum atomic E-state index is 5.82. The van der Waals surface area contributed by atoms with Crippen LogP contribution in [0.5, 0.6) is 5.75 Å². The highest BCUT2D eigenvalue weighted by Crippen LogP contribution is 2.22. The Kier molecular flexibility index (Phi) is 4.67. The summed E-state index contributed by atoms with van der Waals surface area (Å²) < 4.78 is 16.6. The Balaban J connectivity index is 1.46. The molecule has 25 heavy (non-hydrogen) atoms. The first-order valence-corrected chi connectivity index (χ1v) is 8.16. The van der Waals surface area contributed by atoms with E-state index in [1.807, 2.05) is 30.3 Å². The zero-order valence-electron chi connectivity index (χ0n) is 13.6. The van der Waals surface area contributed by atoms with Gasteiger partial charge in [-0.25, -0.2) is 0 Å². The molecular formula is C18H18N4O3. The van der Waals surface area contributed by atoms with E-state index in [2.05, 4.69) is 20.4 Å². The molecule has 1 saturated heterocycles. The van der Waals surface area contributed by atoms with E-state index in [1.54, 1.807) is 18.3 Å². The second kappa shape index (κ2) is 7.42. The molecule has 0 aliphatic carbocycles. The molecule has 1 aliphatic heterocycles. The van der Waals surface area contributed by atoms with Gasteiger partial charge in [-0.3, -0.25) is 4.98 Å². The molecule has 1 unspecified atom stereocenters. The molecule has 128 valence electrons. The average Bonchev–Trinajstić information content (AvgIpc) is 3.18. The number of hydrogen-bond donors (Lipinski definition) is 1. The zero-order chi connectivity index (χ0) is 16.9. The molecule has 1 N–H and O–H groups in total. The molecule has 1 aliphatic rings. The number of benzene rings is 1. The van der Waals surface area contributed by atoms with Gasteiger partial charge in [-0.2, -0.15) is 4.98 Å². The first-order chi connectivity index (χ1) is 12.4. The quantitative estimate of drug-likeness (QED) is 0.765. The van der Waals surface area contributed by atoms with Crippen LogP contribution in [0.25, 0.3) is 11.6 Å². The van der Waals surface area contributed by atoms with Gasteiger partial charge in [0.25, 0.3) is 5.89 Å². The summed E-state index contributed by atoms with van der Waals surface area (Å²) in [5.41, 5.74) is 1.69. The van der Waals surface area contributed by atoms with Crippen LogP contribution >= 0.6 is 0 Å². The second-order valence-corrected chi connectivity index (χ2v) is 5.69. The predicted octanol–water partition coefficient (Wildman–Crippen LogP) is 2.37. The predicted molar refractivity (Wildman–Crippen MR) is 89.9 cm³/mol. The van der Waals surface area contributed by atoms with E-state index in [0.29, 0.717) is 43.0 Å². The van der Waals surface area contributed by atoms with Gasteiger partial charge in [-0.15, -0.1) is 0 Å². The van der Waals surface area contributed by atoms with Crippen molar-refractivity contribution in [1.82, 2.24) is 20.4 Å². The van der Waals surface area contributed by atoms with Crippen molar-refractivity contribution < 1.29 is 14.0 Å². The lowest BCUT2D eigenvalue weighted by Gasteiger charge is -2.20. The highest BCUT2D eigenvalue weighted by molar-refractivity contribution is 5.49. The van der Waals surface area contributed by atoms with Gasteiger partial charge < -0.3 is 19.3 Å². The number of aromatic nitrogens is 3. The van der Waals surface area contributed by atoms with E-state index in [4.69, 9.17) is 14.0 Å². The summed E-state index contributed by atoms with van der Waals surface area (Å²) >= 11 is 0. The van der Waals surface area contributed by atoms with Crippen molar-refractivity contribution in [2.75, 3.05) is 19.8 Å². The molecule has 7 heteroatoms. The monoisotopic (exact) mass is 338 g/mol. The normalized spacial score (nSPS) is 17.4. The lowest BCUT2D eigenvalue weighted by molar-refractivity contribution is 0.0734. The summed E-state index contributed by atoms with van der Waals surface area (Å²) in [6.07, 6.45) is 1.67. The number of pyridine rings is 1. The van der Waals surface area contributed by atoms with Gasteiger partial charge in [0.05, 0.1) is 19.3 Å². The van der Waals surface area contributed by atoms with Crippen molar-refractivity contribution in [2.24, 2.45) is 0 Å². The fourth-order valence-electron chi connectivity index (χ4n) is 2.57. The highest BCUT2D eigenvalue weighted by atomic mass is 16.5. The van der Waals surface area contributed by atoms with Crippen LogP contribution in [-0.4, -0.2) is 34.9 Å². The average molecular weight is 338 g/mol. The largest absolute Gasteiger partial charge is 0.489 e. The van der Waals surface area contributed by atoms with Crippen molar-refractivity contribution in [3.63, 3.8) is 0 Å². The Labute approximate surface area is 145 Å². The molecule has 4 rings (SSSR count). The summed E-state index contributed by atoms with van der Waals surface area (Å²) in [5, 5.41) is 7.32. The minimum Gasteiger partial charge on any atom is -0.489 e. The number of morpholine rings is 1. The second-order valence-electron chi connectivity index (χ2n) is 5.69. The lowest BCUT2D eigenvalue weighted by Crippen LogP contribution is -2.35. The van der Waals surface area contributed by atoms with Crippen molar-refractivity contribution in [3.8, 4) is 17.3 Å². The number of rotatable bonds is 5. The van der Waals surface area contributed by atoms with Crippen molar-refractivity contribution >= 4 is 0 Å². The molecule has 7 nitrogen and oxygen atoms in total. The Morgan fingerprint density at radius 2 is 2.12 bits per heavy atom. The number of nitrogens with one attached hydrogen (secondary N) is 1. The molecule has 0 spiro atoms. The van der Waals surface area contributed by atoms with Crippen LogP contribution in [0.15, 0.2) is 53.2 Å². The van der Waals surface area contributed by atoms with E-state index >= 15 is 0 Å². The summed E-state index contributed by atoms with van der Waals surface area (Å²) in [6, 6.07) is 13.5. The molecule has 3 aromatic rings. The van der Waals surface area contributed by atoms with E-state index in [1.165, 1.54) is 0 Å². The molecule has 0 bridgehead atoms. The molecule has 0 amide bonds. The van der Waals surface area contributed by atoms with E-state index < -0.39 is 0 Å². The number of hydrogen-bond acceptors (Lipinski definition) is 7. The van der Waals surface area contributed by atoms with Crippen LogP contribution in [0, 0.1) is 0 Å². The van der Waals surface area contributed by atoms with Gasteiger partial charge in [0.1, 0.15) is 18.1 Å². The maximum Gasteiger partial charge on any atom is 0.276 e. The van der Waals surface area contributed by atoms with Gasteiger partial charge in [0.2, 0.25) is 0 Å². The Morgan fingerprint density at radius 1 is 1.20 bits per heavy atom. The van der Waals surface area contributed by atoms with Gasteiger partial charge >= 0.3 is 0 Å². The molecule has 0 radical (unpaired) electrons. The van der Waals surface area contributed by atoms with Crippen LogP contribution in [0.4, 0.5) is 0 Å². The molecule has 0 saturated carbocycles. The third-order valence-corrected chi connectivity index (χ3v) is 3.87. The molecule has 1 atom stereocenters. The third kappa shape index (κ3) is 3.84. The molecule has 2 aromatic heterocycles. The first kappa shape index (κ1) is 15.7. The van der Waals surface area contributed by atoms with Crippen LogP contribution in [0.2, 0.25) is 0 Å². The topological polar surface area (TPSA) is 82.3 Å². The van der Waals surface area contributed by atoms with Crippen molar-refractivity contribution in [3.05, 3.63) is 60.0 Å². The molecule has 3 heterocycles. The minimum absolute atomic E-state index is 0.0521. The SMILES string of the molecule is c1ccc(COc2ccnc(-c3nc(C4COCCN4)no3)c2)cc1. The van der Waals surface area contributed by atoms with Gasteiger partial charge in [0.15, 0.2) is 5.82 Å². The van der Waals surface area contributed by atoms with E-state index in [0.717, 1.165) is 12.1 Å². The van der Waals surface area contributed by atoms with E-state index in [9.17, 15) is 0 Å².